The van der Waals surface area contributed by atoms with Crippen molar-refractivity contribution in [2.45, 2.75) is 31.8 Å². The quantitative estimate of drug-likeness (QED) is 0.250. The number of benzene rings is 2. The Morgan fingerprint density at radius 1 is 1.07 bits per heavy atom. The van der Waals surface area contributed by atoms with Crippen LogP contribution in [0.2, 0.25) is 5.02 Å². The molecule has 226 valence electrons. The molecule has 2 unspecified atom stereocenters. The number of hydrogen-bond donors (Lipinski definition) is 1. The first-order chi connectivity index (χ1) is 21.4. The fraction of sp³-hybridized carbons (Fsp3) is 0.290. The van der Waals surface area contributed by atoms with Crippen molar-refractivity contribution in [2.24, 2.45) is 0 Å². The van der Waals surface area contributed by atoms with E-state index < -0.39 is 11.8 Å². The third-order valence-electron chi connectivity index (χ3n) is 8.13. The number of nitrogens with zero attached hydrogens (tertiary/aromatic N) is 6. The van der Waals surface area contributed by atoms with Crippen molar-refractivity contribution in [3.63, 3.8) is 0 Å². The number of ether oxygens (including phenoxy) is 2. The van der Waals surface area contributed by atoms with Gasteiger partial charge in [-0.2, -0.15) is 4.98 Å². The third-order valence-corrected chi connectivity index (χ3v) is 8.37. The first-order valence-electron chi connectivity index (χ1n) is 14.1. The minimum Gasteiger partial charge on any atom is -0.478 e. The summed E-state index contributed by atoms with van der Waals surface area (Å²) in [6.07, 6.45) is 2.95. The number of pyridine rings is 1. The zero-order valence-corrected chi connectivity index (χ0v) is 24.2. The molecular formula is C31H28ClFN6O5. The maximum Gasteiger partial charge on any atom is 0.335 e. The van der Waals surface area contributed by atoms with Gasteiger partial charge < -0.3 is 28.5 Å². The molecular weight excluding hydrogens is 591 g/mol. The largest absolute Gasteiger partial charge is 0.478 e. The maximum atomic E-state index is 14.2. The number of fused-ring (bicyclic) bond motifs is 2. The number of oxazole rings is 1. The molecule has 0 bridgehead atoms. The summed E-state index contributed by atoms with van der Waals surface area (Å²) in [4.78, 5) is 30.2. The normalized spacial score (nSPS) is 18.5. The predicted octanol–water partition coefficient (Wildman–Crippen LogP) is 4.63. The number of carboxylic acid groups (broad SMARTS) is 1. The summed E-state index contributed by atoms with van der Waals surface area (Å²) in [5.41, 5.74) is 2.74. The lowest BCUT2D eigenvalue weighted by Crippen LogP contribution is -2.59. The number of aromatic nitrogens is 4. The zero-order valence-electron chi connectivity index (χ0n) is 23.5. The average molecular weight is 619 g/mol. The van der Waals surface area contributed by atoms with Crippen molar-refractivity contribution in [1.29, 1.82) is 0 Å². The highest BCUT2D eigenvalue weighted by Crippen LogP contribution is 2.30. The Labute approximate surface area is 256 Å². The van der Waals surface area contributed by atoms with Gasteiger partial charge in [0.2, 0.25) is 5.88 Å². The van der Waals surface area contributed by atoms with E-state index in [9.17, 15) is 14.3 Å². The molecule has 2 aliphatic rings. The van der Waals surface area contributed by atoms with Gasteiger partial charge in [-0.25, -0.2) is 19.2 Å². The topological polar surface area (TPSA) is 119 Å². The van der Waals surface area contributed by atoms with Gasteiger partial charge in [0, 0.05) is 29.7 Å². The Morgan fingerprint density at radius 2 is 1.95 bits per heavy atom. The van der Waals surface area contributed by atoms with Gasteiger partial charge in [0.15, 0.2) is 6.39 Å². The second-order valence-electron chi connectivity index (χ2n) is 10.8. The molecule has 5 heterocycles. The van der Waals surface area contributed by atoms with Crippen LogP contribution in [0.15, 0.2) is 71.7 Å². The fourth-order valence-electron chi connectivity index (χ4n) is 5.92. The van der Waals surface area contributed by atoms with E-state index in [0.29, 0.717) is 60.5 Å². The van der Waals surface area contributed by atoms with E-state index in [4.69, 9.17) is 35.5 Å². The summed E-state index contributed by atoms with van der Waals surface area (Å²) in [6, 6.07) is 15.2. The Bertz CT molecular complexity index is 1810. The molecule has 2 atom stereocenters. The summed E-state index contributed by atoms with van der Waals surface area (Å²) in [5.74, 6) is 0.542. The molecule has 0 aliphatic carbocycles. The van der Waals surface area contributed by atoms with Gasteiger partial charge in [0.1, 0.15) is 30.3 Å². The van der Waals surface area contributed by atoms with Gasteiger partial charge in [-0.3, -0.25) is 4.90 Å². The van der Waals surface area contributed by atoms with Crippen molar-refractivity contribution < 1.29 is 28.2 Å². The van der Waals surface area contributed by atoms with E-state index >= 15 is 0 Å². The van der Waals surface area contributed by atoms with E-state index in [0.717, 1.165) is 23.7 Å². The number of anilines is 1. The Morgan fingerprint density at radius 3 is 2.77 bits per heavy atom. The van der Waals surface area contributed by atoms with Gasteiger partial charge in [-0.1, -0.05) is 23.7 Å². The van der Waals surface area contributed by atoms with Crippen LogP contribution in [0.4, 0.5) is 10.2 Å². The van der Waals surface area contributed by atoms with Crippen LogP contribution in [-0.2, 0) is 24.4 Å². The lowest BCUT2D eigenvalue weighted by molar-refractivity contribution is 0.0697. The molecule has 0 amide bonds. The van der Waals surface area contributed by atoms with Crippen LogP contribution >= 0.6 is 11.6 Å². The first-order valence-corrected chi connectivity index (χ1v) is 14.5. The fourth-order valence-corrected chi connectivity index (χ4v) is 6.08. The van der Waals surface area contributed by atoms with Crippen molar-refractivity contribution in [3.8, 4) is 5.88 Å². The Kier molecular flexibility index (Phi) is 7.62. The predicted molar refractivity (Wildman–Crippen MR) is 158 cm³/mol. The van der Waals surface area contributed by atoms with Gasteiger partial charge in [0.05, 0.1) is 60.7 Å². The number of hydrogen-bond acceptors (Lipinski definition) is 9. The van der Waals surface area contributed by atoms with E-state index in [1.54, 1.807) is 42.7 Å². The number of halogens is 2. The SMILES string of the molecule is O=C(O)c1ccc2nc(CN3CCN(c4cccc(OCc5ccc(Cl)cc5F)n4)C4COCC43)n(Cc3cocn3)c2c1. The highest BCUT2D eigenvalue weighted by Gasteiger charge is 2.42. The van der Waals surface area contributed by atoms with Gasteiger partial charge >= 0.3 is 5.97 Å². The zero-order chi connectivity index (χ0) is 30.2. The summed E-state index contributed by atoms with van der Waals surface area (Å²) in [6.45, 7) is 3.48. The smallest absolute Gasteiger partial charge is 0.335 e. The van der Waals surface area contributed by atoms with Gasteiger partial charge in [0.25, 0.3) is 0 Å². The van der Waals surface area contributed by atoms with Gasteiger partial charge in [-0.05, 0) is 36.4 Å². The lowest BCUT2D eigenvalue weighted by Gasteiger charge is -2.44. The molecule has 11 nitrogen and oxygen atoms in total. The molecule has 2 aliphatic heterocycles. The molecule has 5 aromatic rings. The minimum atomic E-state index is -0.995. The third kappa shape index (κ3) is 5.59. The molecule has 0 radical (unpaired) electrons. The van der Waals surface area contributed by atoms with Crippen LogP contribution < -0.4 is 9.64 Å². The molecule has 2 aromatic carbocycles. The monoisotopic (exact) mass is 618 g/mol. The standard InChI is InChI=1S/C31H28ClFN6O5/c32-21-6-4-20(23(33)11-21)14-44-30-3-1-2-28(36-30)38-9-8-37(26-16-42-17-27(26)38)13-29-35-24-7-5-19(31(40)41)10-25(24)39(29)12-22-15-43-18-34-22/h1-7,10-11,15,18,26-27H,8-9,12-14,16-17H2,(H,40,41). The molecule has 0 saturated carbocycles. The maximum absolute atomic E-state index is 14.2. The van der Waals surface area contributed by atoms with E-state index in [1.807, 2.05) is 16.7 Å². The summed E-state index contributed by atoms with van der Waals surface area (Å²) in [5, 5.41) is 9.92. The van der Waals surface area contributed by atoms with E-state index in [1.165, 1.54) is 12.5 Å². The summed E-state index contributed by atoms with van der Waals surface area (Å²) in [7, 11) is 0. The molecule has 1 N–H and O–H groups in total. The van der Waals surface area contributed by atoms with E-state index in [-0.39, 0.29) is 24.3 Å². The van der Waals surface area contributed by atoms with Crippen molar-refractivity contribution >= 4 is 34.4 Å². The Balaban J connectivity index is 1.11. The molecule has 2 saturated heterocycles. The average Bonchev–Trinajstić information content (AvgIpc) is 3.78. The van der Waals surface area contributed by atoms with Crippen molar-refractivity contribution in [1.82, 2.24) is 24.4 Å². The number of carbonyl (C=O) groups is 1. The molecule has 0 spiro atoms. The second-order valence-corrected chi connectivity index (χ2v) is 11.2. The Hall–Kier alpha value is -4.52. The molecule has 7 rings (SSSR count). The summed E-state index contributed by atoms with van der Waals surface area (Å²) >= 11 is 5.87. The number of rotatable bonds is 9. The first kappa shape index (κ1) is 28.3. The number of carboxylic acids is 1. The molecule has 44 heavy (non-hydrogen) atoms. The van der Waals surface area contributed by atoms with Crippen molar-refractivity contribution in [3.05, 3.63) is 101 Å². The van der Waals surface area contributed by atoms with Crippen LogP contribution in [0.25, 0.3) is 11.0 Å². The van der Waals surface area contributed by atoms with Crippen molar-refractivity contribution in [2.75, 3.05) is 31.2 Å². The van der Waals surface area contributed by atoms with Gasteiger partial charge in [-0.15, -0.1) is 0 Å². The molecule has 13 heteroatoms. The molecule has 3 aromatic heterocycles. The minimum absolute atomic E-state index is 0.0334. The molecule has 2 fully saturated rings. The van der Waals surface area contributed by atoms with Crippen LogP contribution in [-0.4, -0.2) is 73.9 Å². The number of imidazole rings is 1. The van der Waals surface area contributed by atoms with Crippen LogP contribution in [0, 0.1) is 5.82 Å². The number of aromatic carboxylic acids is 1. The highest BCUT2D eigenvalue weighted by atomic mass is 35.5. The van der Waals surface area contributed by atoms with Crippen LogP contribution in [0.5, 0.6) is 5.88 Å². The van der Waals surface area contributed by atoms with E-state index in [2.05, 4.69) is 14.8 Å². The highest BCUT2D eigenvalue weighted by molar-refractivity contribution is 6.30. The number of piperazine rings is 1. The van der Waals surface area contributed by atoms with Crippen LogP contribution in [0.1, 0.15) is 27.4 Å². The second kappa shape index (κ2) is 11.9. The van der Waals surface area contributed by atoms with Crippen LogP contribution in [0.3, 0.4) is 0 Å². The summed E-state index contributed by atoms with van der Waals surface area (Å²) < 4.78 is 33.3. The lowest BCUT2D eigenvalue weighted by atomic mass is 10.0.